The number of carbonyl (C=O) groups excluding carboxylic acids is 2. The third kappa shape index (κ3) is 24.4. The molecule has 2 unspecified atom stereocenters. The van der Waals surface area contributed by atoms with Crippen molar-refractivity contribution in [2.24, 2.45) is 5.92 Å². The number of aliphatic hydroxyl groups excluding tert-OH is 1. The summed E-state index contributed by atoms with van der Waals surface area (Å²) >= 11 is 0. The van der Waals surface area contributed by atoms with Crippen molar-refractivity contribution in [3.05, 3.63) is 36.5 Å². The lowest BCUT2D eigenvalue weighted by Crippen LogP contribution is -2.25. The average molecular weight is 577 g/mol. The largest absolute Gasteiger partial charge is 0.463 e. The first-order valence-electron chi connectivity index (χ1n) is 16.5. The first kappa shape index (κ1) is 37.1. The highest BCUT2D eigenvalue weighted by Gasteiger charge is 2.35. The van der Waals surface area contributed by atoms with E-state index < -0.39 is 6.10 Å². The van der Waals surface area contributed by atoms with E-state index in [-0.39, 0.29) is 25.2 Å². The molecule has 0 aromatic heterocycles. The minimum absolute atomic E-state index is 0.138. The Hall–Kier alpha value is -1.92. The van der Waals surface area contributed by atoms with E-state index in [1.807, 2.05) is 0 Å². The first-order valence-corrected chi connectivity index (χ1v) is 16.5. The monoisotopic (exact) mass is 576 g/mol. The highest BCUT2D eigenvalue weighted by molar-refractivity contribution is 5.69. The van der Waals surface area contributed by atoms with Crippen LogP contribution in [0, 0.1) is 5.92 Å². The Morgan fingerprint density at radius 3 is 1.90 bits per heavy atom. The molecule has 0 saturated carbocycles. The lowest BCUT2D eigenvalue weighted by molar-refractivity contribution is -0.152. The Bertz CT molecular complexity index is 741. The van der Waals surface area contributed by atoms with Gasteiger partial charge in [-0.1, -0.05) is 109 Å². The van der Waals surface area contributed by atoms with E-state index in [1.165, 1.54) is 51.4 Å². The molecule has 0 aromatic rings. The van der Waals surface area contributed by atoms with Gasteiger partial charge >= 0.3 is 11.9 Å². The molecule has 0 radical (unpaired) electrons. The van der Waals surface area contributed by atoms with E-state index in [1.54, 1.807) is 0 Å². The number of unbranched alkanes of at least 4 members (excludes halogenated alkanes) is 9. The summed E-state index contributed by atoms with van der Waals surface area (Å²) in [6.45, 7) is 6.45. The quantitative estimate of drug-likeness (QED) is 0.0456. The van der Waals surface area contributed by atoms with Crippen LogP contribution < -0.4 is 0 Å². The molecule has 1 N–H and O–H groups in total. The van der Waals surface area contributed by atoms with E-state index in [9.17, 15) is 14.7 Å². The Balaban J connectivity index is 1.91. The maximum Gasteiger partial charge on any atom is 0.305 e. The molecule has 3 atom stereocenters. The van der Waals surface area contributed by atoms with Crippen LogP contribution in [0.4, 0.5) is 0 Å². The molecule has 1 aliphatic heterocycles. The number of carbonyl (C=O) groups is 2. The zero-order valence-corrected chi connectivity index (χ0v) is 26.4. The zero-order valence-electron chi connectivity index (χ0n) is 26.4. The molecule has 6 heteroatoms. The molecule has 6 nitrogen and oxygen atoms in total. The standard InChI is InChI=1S/C35H60O6/c1-4-5-6-7-14-19-24-32-33(41-32)25-20-15-9-8-10-16-21-26-34(37)39-28-31(36)29-40-35(38)27-22-17-12-11-13-18-23-30(2)3/h8,10,14-15,19-20,30-33,36H,4-7,9,11-13,16-18,21-29H2,1-3H3/b10-8-,19-14-,20-15-/t31-,32?,33?/m1/s1. The minimum atomic E-state index is -0.987. The molecular formula is C35H60O6. The summed E-state index contributed by atoms with van der Waals surface area (Å²) in [5.74, 6) is 0.128. The second-order valence-corrected chi connectivity index (χ2v) is 11.8. The Labute approximate surface area is 251 Å². The lowest BCUT2D eigenvalue weighted by Gasteiger charge is -2.12. The van der Waals surface area contributed by atoms with Gasteiger partial charge in [-0.25, -0.2) is 0 Å². The molecule has 0 amide bonds. The maximum atomic E-state index is 11.9. The fourth-order valence-electron chi connectivity index (χ4n) is 4.54. The van der Waals surface area contributed by atoms with Crippen LogP contribution in [0.1, 0.15) is 136 Å². The van der Waals surface area contributed by atoms with Gasteiger partial charge in [-0.3, -0.25) is 9.59 Å². The van der Waals surface area contributed by atoms with Gasteiger partial charge in [0.15, 0.2) is 0 Å². The predicted octanol–water partition coefficient (Wildman–Crippen LogP) is 8.57. The van der Waals surface area contributed by atoms with Crippen LogP contribution in [0.25, 0.3) is 0 Å². The van der Waals surface area contributed by atoms with Crippen molar-refractivity contribution in [3.8, 4) is 0 Å². The fourth-order valence-corrected chi connectivity index (χ4v) is 4.54. The van der Waals surface area contributed by atoms with Crippen molar-refractivity contribution in [1.29, 1.82) is 0 Å². The SMILES string of the molecule is CCCCC/C=C\CC1OC1C/C=C\C/C=C\CCCC(=O)OC[C@@H](O)COC(=O)CCCCCCCCC(C)C. The fraction of sp³-hybridized carbons (Fsp3) is 0.771. The number of hydrogen-bond donors (Lipinski definition) is 1. The highest BCUT2D eigenvalue weighted by Crippen LogP contribution is 2.29. The van der Waals surface area contributed by atoms with Crippen LogP contribution >= 0.6 is 0 Å². The van der Waals surface area contributed by atoms with Crippen LogP contribution in [-0.4, -0.2) is 48.6 Å². The second-order valence-electron chi connectivity index (χ2n) is 11.8. The van der Waals surface area contributed by atoms with Crippen LogP contribution in [0.5, 0.6) is 0 Å². The van der Waals surface area contributed by atoms with Crippen molar-refractivity contribution >= 4 is 11.9 Å². The predicted molar refractivity (Wildman–Crippen MR) is 168 cm³/mol. The number of hydrogen-bond acceptors (Lipinski definition) is 6. The number of allylic oxidation sites excluding steroid dienone is 4. The van der Waals surface area contributed by atoms with Crippen molar-refractivity contribution < 1.29 is 28.9 Å². The van der Waals surface area contributed by atoms with Gasteiger partial charge in [-0.2, -0.15) is 0 Å². The summed E-state index contributed by atoms with van der Waals surface area (Å²) in [5, 5.41) is 9.93. The van der Waals surface area contributed by atoms with Gasteiger partial charge in [0.25, 0.3) is 0 Å². The topological polar surface area (TPSA) is 85.4 Å². The summed E-state index contributed by atoms with van der Waals surface area (Å²) in [5.41, 5.74) is 0. The summed E-state index contributed by atoms with van der Waals surface area (Å²) in [7, 11) is 0. The number of esters is 2. The van der Waals surface area contributed by atoms with E-state index in [0.29, 0.717) is 31.5 Å². The van der Waals surface area contributed by atoms with Crippen molar-refractivity contribution in [2.75, 3.05) is 13.2 Å². The molecule has 0 aliphatic carbocycles. The summed E-state index contributed by atoms with van der Waals surface area (Å²) in [6, 6.07) is 0. The van der Waals surface area contributed by atoms with E-state index in [4.69, 9.17) is 14.2 Å². The summed E-state index contributed by atoms with van der Waals surface area (Å²) in [6.07, 6.45) is 31.0. The third-order valence-electron chi connectivity index (χ3n) is 7.21. The molecule has 1 fully saturated rings. The number of epoxide rings is 1. The molecule has 236 valence electrons. The van der Waals surface area contributed by atoms with Crippen LogP contribution in [0.15, 0.2) is 36.5 Å². The third-order valence-corrected chi connectivity index (χ3v) is 7.21. The van der Waals surface area contributed by atoms with Crippen molar-refractivity contribution in [2.45, 2.75) is 155 Å². The average Bonchev–Trinajstić information content (AvgIpc) is 3.70. The molecule has 1 heterocycles. The maximum absolute atomic E-state index is 11.9. The smallest absolute Gasteiger partial charge is 0.305 e. The van der Waals surface area contributed by atoms with Gasteiger partial charge in [-0.15, -0.1) is 0 Å². The van der Waals surface area contributed by atoms with Crippen LogP contribution in [0.3, 0.4) is 0 Å². The van der Waals surface area contributed by atoms with Gasteiger partial charge < -0.3 is 19.3 Å². The number of rotatable bonds is 27. The summed E-state index contributed by atoms with van der Waals surface area (Å²) < 4.78 is 15.9. The molecular weight excluding hydrogens is 516 g/mol. The van der Waals surface area contributed by atoms with Gasteiger partial charge in [0.05, 0.1) is 12.2 Å². The minimum Gasteiger partial charge on any atom is -0.463 e. The highest BCUT2D eigenvalue weighted by atomic mass is 16.6. The molecule has 0 bridgehead atoms. The van der Waals surface area contributed by atoms with Gasteiger partial charge in [0.1, 0.15) is 19.3 Å². The van der Waals surface area contributed by atoms with Gasteiger partial charge in [-0.05, 0) is 57.3 Å². The summed E-state index contributed by atoms with van der Waals surface area (Å²) in [4.78, 5) is 23.7. The molecule has 0 aromatic carbocycles. The van der Waals surface area contributed by atoms with Crippen LogP contribution in [0.2, 0.25) is 0 Å². The van der Waals surface area contributed by atoms with Crippen molar-refractivity contribution in [1.82, 2.24) is 0 Å². The number of aliphatic hydroxyl groups is 1. The Morgan fingerprint density at radius 2 is 1.24 bits per heavy atom. The van der Waals surface area contributed by atoms with E-state index in [2.05, 4.69) is 57.2 Å². The van der Waals surface area contributed by atoms with Gasteiger partial charge in [0, 0.05) is 12.8 Å². The van der Waals surface area contributed by atoms with Crippen LogP contribution in [-0.2, 0) is 23.8 Å². The second kappa shape index (κ2) is 25.8. The van der Waals surface area contributed by atoms with E-state index >= 15 is 0 Å². The molecule has 41 heavy (non-hydrogen) atoms. The molecule has 1 saturated heterocycles. The lowest BCUT2D eigenvalue weighted by atomic mass is 10.0. The Kier molecular flexibility index (Phi) is 23.3. The van der Waals surface area contributed by atoms with E-state index in [0.717, 1.165) is 50.9 Å². The zero-order chi connectivity index (χ0) is 30.0. The van der Waals surface area contributed by atoms with Gasteiger partial charge in [0.2, 0.25) is 0 Å². The normalized spacial score (nSPS) is 17.7. The number of ether oxygens (including phenoxy) is 3. The Morgan fingerprint density at radius 1 is 0.707 bits per heavy atom. The molecule has 0 spiro atoms. The van der Waals surface area contributed by atoms with Crippen molar-refractivity contribution in [3.63, 3.8) is 0 Å². The molecule has 1 aliphatic rings. The molecule has 1 rings (SSSR count). The first-order chi connectivity index (χ1) is 19.9.